The molecule has 6 heteroatoms. The number of hydrogen-bond donors (Lipinski definition) is 1. The standard InChI is InChI=1S/C35H32BN3O2/c1-34(2,40)35(3,4)41-36-30-19-11-16-27-28(30)17-10-18-29(27)33-38-31(24-13-6-5-7-14-24)37-32(39-33)26-21-20-23-12-8-9-15-25(23)22-26/h5-22,36,40H,1-4H3. The fourth-order valence-corrected chi connectivity index (χ4v) is 4.80. The van der Waals surface area contributed by atoms with Crippen LogP contribution in [0.3, 0.4) is 0 Å². The van der Waals surface area contributed by atoms with E-state index in [1.165, 1.54) is 5.39 Å². The van der Waals surface area contributed by atoms with Gasteiger partial charge in [-0.25, -0.2) is 15.0 Å². The van der Waals surface area contributed by atoms with Crippen LogP contribution in [0.5, 0.6) is 0 Å². The SMILES string of the molecule is CC(C)(O)C(C)(C)OBc1cccc2c(-c3nc(-c4ccccc4)nc(-c4ccc5ccccc5c4)n3)cccc12. The average Bonchev–Trinajstić information content (AvgIpc) is 2.99. The molecule has 0 aliphatic rings. The summed E-state index contributed by atoms with van der Waals surface area (Å²) in [5.41, 5.74) is 2.12. The lowest BCUT2D eigenvalue weighted by Crippen LogP contribution is -2.49. The van der Waals surface area contributed by atoms with Gasteiger partial charge in [-0.05, 0) is 60.8 Å². The van der Waals surface area contributed by atoms with Crippen LogP contribution in [0.2, 0.25) is 0 Å². The van der Waals surface area contributed by atoms with Crippen molar-refractivity contribution in [3.05, 3.63) is 109 Å². The largest absolute Gasteiger partial charge is 0.427 e. The number of aliphatic hydroxyl groups is 1. The molecule has 0 radical (unpaired) electrons. The molecule has 0 spiro atoms. The van der Waals surface area contributed by atoms with E-state index in [2.05, 4.69) is 54.6 Å². The molecule has 0 bridgehead atoms. The monoisotopic (exact) mass is 537 g/mol. The van der Waals surface area contributed by atoms with Gasteiger partial charge < -0.3 is 9.76 Å². The van der Waals surface area contributed by atoms with Crippen molar-refractivity contribution in [2.75, 3.05) is 0 Å². The summed E-state index contributed by atoms with van der Waals surface area (Å²) in [6.07, 6.45) is 0. The van der Waals surface area contributed by atoms with Crippen LogP contribution >= 0.6 is 0 Å². The van der Waals surface area contributed by atoms with Gasteiger partial charge in [0, 0.05) is 16.7 Å². The molecule has 41 heavy (non-hydrogen) atoms. The molecule has 0 aliphatic heterocycles. The van der Waals surface area contributed by atoms with E-state index < -0.39 is 11.2 Å². The van der Waals surface area contributed by atoms with Crippen LogP contribution in [0.4, 0.5) is 0 Å². The molecular weight excluding hydrogens is 505 g/mol. The first kappa shape index (κ1) is 26.8. The number of fused-ring (bicyclic) bond motifs is 2. The van der Waals surface area contributed by atoms with E-state index >= 15 is 0 Å². The Morgan fingerprint density at radius 1 is 0.585 bits per heavy atom. The molecule has 5 nitrogen and oxygen atoms in total. The summed E-state index contributed by atoms with van der Waals surface area (Å²) in [5, 5.41) is 15.0. The Kier molecular flexibility index (Phi) is 6.90. The highest BCUT2D eigenvalue weighted by Gasteiger charge is 2.35. The molecule has 0 atom stereocenters. The number of rotatable bonds is 7. The van der Waals surface area contributed by atoms with Crippen molar-refractivity contribution in [1.29, 1.82) is 0 Å². The lowest BCUT2D eigenvalue weighted by molar-refractivity contribution is -0.0893. The van der Waals surface area contributed by atoms with E-state index in [0.717, 1.165) is 38.3 Å². The molecule has 202 valence electrons. The third-order valence-electron chi connectivity index (χ3n) is 7.99. The molecule has 0 saturated carbocycles. The Morgan fingerprint density at radius 2 is 1.22 bits per heavy atom. The topological polar surface area (TPSA) is 68.1 Å². The predicted octanol–water partition coefficient (Wildman–Crippen LogP) is 6.72. The lowest BCUT2D eigenvalue weighted by atomic mass is 9.80. The first-order valence-electron chi connectivity index (χ1n) is 13.9. The van der Waals surface area contributed by atoms with E-state index in [4.69, 9.17) is 19.6 Å². The molecule has 6 rings (SSSR count). The van der Waals surface area contributed by atoms with Crippen molar-refractivity contribution in [2.24, 2.45) is 0 Å². The first-order chi connectivity index (χ1) is 19.7. The minimum Gasteiger partial charge on any atom is -0.427 e. The van der Waals surface area contributed by atoms with Crippen molar-refractivity contribution in [3.8, 4) is 34.2 Å². The smallest absolute Gasteiger partial charge is 0.310 e. The van der Waals surface area contributed by atoms with E-state index in [1.54, 1.807) is 13.8 Å². The first-order valence-corrected chi connectivity index (χ1v) is 13.9. The molecule has 1 heterocycles. The van der Waals surface area contributed by atoms with Gasteiger partial charge in [-0.1, -0.05) is 103 Å². The van der Waals surface area contributed by atoms with Gasteiger partial charge in [0.2, 0.25) is 0 Å². The normalized spacial score (nSPS) is 12.1. The fraction of sp³-hybridized carbons (Fsp3) is 0.171. The minimum atomic E-state index is -0.985. The fourth-order valence-electron chi connectivity index (χ4n) is 4.80. The third-order valence-corrected chi connectivity index (χ3v) is 7.99. The van der Waals surface area contributed by atoms with Crippen LogP contribution in [-0.4, -0.2) is 38.7 Å². The summed E-state index contributed by atoms with van der Waals surface area (Å²) in [5.74, 6) is 1.87. The van der Waals surface area contributed by atoms with Crippen molar-refractivity contribution in [3.63, 3.8) is 0 Å². The third kappa shape index (κ3) is 5.36. The number of benzene rings is 5. The molecule has 6 aromatic rings. The van der Waals surface area contributed by atoms with Crippen LogP contribution in [0, 0.1) is 0 Å². The van der Waals surface area contributed by atoms with Gasteiger partial charge in [0.15, 0.2) is 17.5 Å². The zero-order valence-corrected chi connectivity index (χ0v) is 23.8. The molecular formula is C35H32BN3O2. The Balaban J connectivity index is 1.49. The second kappa shape index (κ2) is 10.5. The number of hydrogen-bond acceptors (Lipinski definition) is 5. The van der Waals surface area contributed by atoms with Gasteiger partial charge in [0.1, 0.15) is 0 Å². The van der Waals surface area contributed by atoms with Gasteiger partial charge in [-0.3, -0.25) is 0 Å². The van der Waals surface area contributed by atoms with E-state index in [9.17, 15) is 5.11 Å². The summed E-state index contributed by atoms with van der Waals surface area (Å²) >= 11 is 0. The van der Waals surface area contributed by atoms with Crippen molar-refractivity contribution in [1.82, 2.24) is 15.0 Å². The Bertz CT molecular complexity index is 1860. The van der Waals surface area contributed by atoms with Crippen molar-refractivity contribution >= 4 is 34.5 Å². The van der Waals surface area contributed by atoms with Crippen LogP contribution in [0.15, 0.2) is 109 Å². The molecule has 0 saturated heterocycles. The number of aromatic nitrogens is 3. The van der Waals surface area contributed by atoms with Crippen molar-refractivity contribution < 1.29 is 9.76 Å². The van der Waals surface area contributed by atoms with Crippen molar-refractivity contribution in [2.45, 2.75) is 38.9 Å². The summed E-state index contributed by atoms with van der Waals surface area (Å²) in [4.78, 5) is 14.9. The van der Waals surface area contributed by atoms with Crippen LogP contribution in [0.25, 0.3) is 55.7 Å². The second-order valence-corrected chi connectivity index (χ2v) is 11.4. The number of nitrogens with zero attached hydrogens (tertiary/aromatic N) is 3. The molecule has 0 unspecified atom stereocenters. The highest BCUT2D eigenvalue weighted by molar-refractivity contribution is 6.51. The van der Waals surface area contributed by atoms with E-state index in [0.29, 0.717) is 25.0 Å². The quantitative estimate of drug-likeness (QED) is 0.229. The molecule has 0 amide bonds. The van der Waals surface area contributed by atoms with Gasteiger partial charge in [-0.2, -0.15) is 0 Å². The summed E-state index contributed by atoms with van der Waals surface area (Å²) in [6, 6.07) is 37.0. The van der Waals surface area contributed by atoms with Gasteiger partial charge in [0.05, 0.1) is 11.2 Å². The Labute approximate surface area is 241 Å². The van der Waals surface area contributed by atoms with Gasteiger partial charge >= 0.3 is 7.48 Å². The lowest BCUT2D eigenvalue weighted by Gasteiger charge is -2.37. The summed E-state index contributed by atoms with van der Waals surface area (Å²) < 4.78 is 6.23. The average molecular weight is 537 g/mol. The van der Waals surface area contributed by atoms with E-state index in [-0.39, 0.29) is 0 Å². The maximum atomic E-state index is 10.6. The van der Waals surface area contributed by atoms with E-state index in [1.807, 2.05) is 68.4 Å². The highest BCUT2D eigenvalue weighted by atomic mass is 16.5. The zero-order valence-electron chi connectivity index (χ0n) is 23.8. The van der Waals surface area contributed by atoms with Gasteiger partial charge in [0.25, 0.3) is 0 Å². The second-order valence-electron chi connectivity index (χ2n) is 11.4. The van der Waals surface area contributed by atoms with Crippen LogP contribution < -0.4 is 5.46 Å². The molecule has 5 aromatic carbocycles. The predicted molar refractivity (Wildman–Crippen MR) is 169 cm³/mol. The Hall–Kier alpha value is -4.39. The molecule has 0 fully saturated rings. The highest BCUT2D eigenvalue weighted by Crippen LogP contribution is 2.31. The minimum absolute atomic E-state index is 0.368. The maximum Gasteiger partial charge on any atom is 0.310 e. The molecule has 0 aliphatic carbocycles. The maximum absolute atomic E-state index is 10.6. The van der Waals surface area contributed by atoms with Gasteiger partial charge in [-0.15, -0.1) is 0 Å². The molecule has 1 aromatic heterocycles. The van der Waals surface area contributed by atoms with Crippen LogP contribution in [-0.2, 0) is 4.65 Å². The summed E-state index contributed by atoms with van der Waals surface area (Å²) in [6.45, 7) is 7.36. The zero-order chi connectivity index (χ0) is 28.6. The summed E-state index contributed by atoms with van der Waals surface area (Å²) in [7, 11) is 0.368. The Morgan fingerprint density at radius 3 is 1.98 bits per heavy atom. The molecule has 1 N–H and O–H groups in total. The van der Waals surface area contributed by atoms with Crippen LogP contribution in [0.1, 0.15) is 27.7 Å².